The number of benzene rings is 2. The summed E-state index contributed by atoms with van der Waals surface area (Å²) in [6.45, 7) is 2.38. The quantitative estimate of drug-likeness (QED) is 0.126. The highest BCUT2D eigenvalue weighted by molar-refractivity contribution is 5.89. The third-order valence-electron chi connectivity index (χ3n) is 8.35. The second-order valence-corrected chi connectivity index (χ2v) is 12.0. The number of hydrogen-bond donors (Lipinski definition) is 7. The minimum atomic E-state index is -1.49. The number of unbranched alkanes of at least 4 members (excludes halogenated alkanes) is 1. The third kappa shape index (κ3) is 11.7. The van der Waals surface area contributed by atoms with Gasteiger partial charge in [0.25, 0.3) is 0 Å². The normalized spacial score (nSPS) is 18.0. The van der Waals surface area contributed by atoms with Gasteiger partial charge in [-0.2, -0.15) is 0 Å². The number of carbonyl (C=O) groups excluding carboxylic acids is 3. The molecule has 13 heteroatoms. The standard InChI is InChI=1S/C33H44N4O9/c1-20-9-12-23(13-10-20)29(40)35-27(19-21-11-14-22-6-2-3-7-24(22)18-21)30(41)34-17-5-4-8-25(31(42)43)36-33(46)37-26(32(44)45)15-16-28(38)39/h2-3,6-7,11,14,18,20,23,25-27H,4-5,8-10,12-13,15-17,19H2,1H3,(H,34,41)(H,35,40)(H,38,39)(H,42,43)(H,44,45)(H2,36,37,46)/t20?,23?,25?,26-,27+/m0/s1. The molecule has 46 heavy (non-hydrogen) atoms. The predicted octanol–water partition coefficient (Wildman–Crippen LogP) is 3.05. The first-order chi connectivity index (χ1) is 21.9. The summed E-state index contributed by atoms with van der Waals surface area (Å²) in [6.07, 6.45) is 3.65. The van der Waals surface area contributed by atoms with Gasteiger partial charge in [-0.25, -0.2) is 14.4 Å². The lowest BCUT2D eigenvalue weighted by molar-refractivity contribution is -0.141. The van der Waals surface area contributed by atoms with Gasteiger partial charge in [0, 0.05) is 25.3 Å². The average Bonchev–Trinajstić information content (AvgIpc) is 3.01. The Kier molecular flexibility index (Phi) is 13.8. The van der Waals surface area contributed by atoms with E-state index in [4.69, 9.17) is 5.11 Å². The highest BCUT2D eigenvalue weighted by Crippen LogP contribution is 2.28. The fraction of sp³-hybridized carbons (Fsp3) is 0.515. The van der Waals surface area contributed by atoms with E-state index in [-0.39, 0.29) is 37.1 Å². The molecule has 0 aromatic heterocycles. The number of carboxylic acid groups (broad SMARTS) is 3. The van der Waals surface area contributed by atoms with Crippen LogP contribution in [0.2, 0.25) is 0 Å². The van der Waals surface area contributed by atoms with Crippen LogP contribution in [0.4, 0.5) is 4.79 Å². The number of nitrogens with one attached hydrogen (secondary N) is 4. The first-order valence-corrected chi connectivity index (χ1v) is 15.7. The van der Waals surface area contributed by atoms with Crippen LogP contribution in [0.15, 0.2) is 42.5 Å². The number of hydrogen-bond acceptors (Lipinski definition) is 6. The van der Waals surface area contributed by atoms with Crippen molar-refractivity contribution in [2.45, 2.75) is 89.3 Å². The van der Waals surface area contributed by atoms with Gasteiger partial charge in [-0.3, -0.25) is 14.4 Å². The van der Waals surface area contributed by atoms with Crippen LogP contribution in [-0.4, -0.2) is 75.7 Å². The van der Waals surface area contributed by atoms with Gasteiger partial charge in [0.1, 0.15) is 18.1 Å². The Hall–Kier alpha value is -4.68. The minimum absolute atomic E-state index is 0.00282. The van der Waals surface area contributed by atoms with Crippen LogP contribution in [0.3, 0.4) is 0 Å². The summed E-state index contributed by atoms with van der Waals surface area (Å²) in [4.78, 5) is 72.4. The minimum Gasteiger partial charge on any atom is -0.481 e. The second-order valence-electron chi connectivity index (χ2n) is 12.0. The molecule has 4 amide bonds. The topological polar surface area (TPSA) is 211 Å². The van der Waals surface area contributed by atoms with Gasteiger partial charge in [0.15, 0.2) is 0 Å². The smallest absolute Gasteiger partial charge is 0.326 e. The van der Waals surface area contributed by atoms with E-state index in [1.54, 1.807) is 0 Å². The molecule has 0 radical (unpaired) electrons. The highest BCUT2D eigenvalue weighted by Gasteiger charge is 2.29. The van der Waals surface area contributed by atoms with Crippen molar-refractivity contribution in [3.63, 3.8) is 0 Å². The maximum atomic E-state index is 13.3. The van der Waals surface area contributed by atoms with Crippen molar-refractivity contribution in [1.82, 2.24) is 21.3 Å². The Balaban J connectivity index is 1.53. The van der Waals surface area contributed by atoms with Gasteiger partial charge in [-0.05, 0) is 73.6 Å². The molecule has 1 saturated carbocycles. The van der Waals surface area contributed by atoms with Crippen molar-refractivity contribution < 1.29 is 44.1 Å². The first kappa shape index (κ1) is 35.8. The monoisotopic (exact) mass is 640 g/mol. The van der Waals surface area contributed by atoms with E-state index in [0.717, 1.165) is 42.0 Å². The summed E-state index contributed by atoms with van der Waals surface area (Å²) in [7, 11) is 0. The van der Waals surface area contributed by atoms with Crippen molar-refractivity contribution in [2.24, 2.45) is 11.8 Å². The zero-order valence-corrected chi connectivity index (χ0v) is 26.0. The van der Waals surface area contributed by atoms with E-state index in [1.807, 2.05) is 42.5 Å². The number of aliphatic carboxylic acids is 3. The van der Waals surface area contributed by atoms with Crippen molar-refractivity contribution in [2.75, 3.05) is 6.54 Å². The summed E-state index contributed by atoms with van der Waals surface area (Å²) in [5.74, 6) is -4.03. The van der Waals surface area contributed by atoms with E-state index >= 15 is 0 Å². The summed E-state index contributed by atoms with van der Waals surface area (Å²) >= 11 is 0. The van der Waals surface area contributed by atoms with Gasteiger partial charge in [-0.15, -0.1) is 0 Å². The van der Waals surface area contributed by atoms with E-state index in [0.29, 0.717) is 25.2 Å². The zero-order valence-electron chi connectivity index (χ0n) is 26.0. The van der Waals surface area contributed by atoms with Gasteiger partial charge in [0.2, 0.25) is 11.8 Å². The second kappa shape index (κ2) is 17.7. The number of fused-ring (bicyclic) bond motifs is 1. The van der Waals surface area contributed by atoms with Crippen LogP contribution in [0.25, 0.3) is 10.8 Å². The lowest BCUT2D eigenvalue weighted by atomic mass is 9.82. The molecule has 0 saturated heterocycles. The number of carbonyl (C=O) groups is 6. The molecule has 3 rings (SSSR count). The molecule has 1 aliphatic carbocycles. The van der Waals surface area contributed by atoms with Crippen LogP contribution in [0, 0.1) is 11.8 Å². The Morgan fingerprint density at radius 2 is 1.39 bits per heavy atom. The SMILES string of the molecule is CC1CCC(C(=O)N[C@H](Cc2ccc3ccccc3c2)C(=O)NCCCCC(NC(=O)N[C@@H](CCC(=O)O)C(=O)O)C(=O)O)CC1. The van der Waals surface area contributed by atoms with Crippen molar-refractivity contribution in [3.05, 3.63) is 48.0 Å². The molecule has 13 nitrogen and oxygen atoms in total. The lowest BCUT2D eigenvalue weighted by Crippen LogP contribution is -2.51. The molecule has 7 N–H and O–H groups in total. The zero-order chi connectivity index (χ0) is 33.6. The summed E-state index contributed by atoms with van der Waals surface area (Å²) in [5, 5.41) is 39.7. The van der Waals surface area contributed by atoms with Crippen molar-refractivity contribution >= 4 is 46.5 Å². The van der Waals surface area contributed by atoms with Gasteiger partial charge in [0.05, 0.1) is 0 Å². The summed E-state index contributed by atoms with van der Waals surface area (Å²) in [6, 6.07) is 9.14. The predicted molar refractivity (Wildman–Crippen MR) is 169 cm³/mol. The van der Waals surface area contributed by atoms with Crippen LogP contribution in [-0.2, 0) is 30.4 Å². The Bertz CT molecular complexity index is 1390. The van der Waals surface area contributed by atoms with E-state index in [1.165, 1.54) is 0 Å². The largest absolute Gasteiger partial charge is 0.481 e. The number of rotatable bonds is 17. The van der Waals surface area contributed by atoms with E-state index < -0.39 is 48.5 Å². The van der Waals surface area contributed by atoms with Crippen LogP contribution < -0.4 is 21.3 Å². The molecule has 0 heterocycles. The fourth-order valence-electron chi connectivity index (χ4n) is 5.57. The van der Waals surface area contributed by atoms with Crippen molar-refractivity contribution in [1.29, 1.82) is 0 Å². The van der Waals surface area contributed by atoms with Gasteiger partial charge < -0.3 is 36.6 Å². The van der Waals surface area contributed by atoms with Crippen LogP contribution in [0.5, 0.6) is 0 Å². The molecule has 1 fully saturated rings. The van der Waals surface area contributed by atoms with E-state index in [9.17, 15) is 39.0 Å². The molecule has 250 valence electrons. The van der Waals surface area contributed by atoms with E-state index in [2.05, 4.69) is 28.2 Å². The maximum Gasteiger partial charge on any atom is 0.326 e. The molecule has 3 atom stereocenters. The molecule has 1 unspecified atom stereocenters. The molecular weight excluding hydrogens is 596 g/mol. The Morgan fingerprint density at radius 3 is 2.02 bits per heavy atom. The van der Waals surface area contributed by atoms with Crippen LogP contribution >= 0.6 is 0 Å². The van der Waals surface area contributed by atoms with Gasteiger partial charge >= 0.3 is 23.9 Å². The molecular formula is C33H44N4O9. The number of urea groups is 1. The molecule has 2 aromatic rings. The molecule has 0 bridgehead atoms. The fourth-order valence-corrected chi connectivity index (χ4v) is 5.57. The Labute approximate surface area is 267 Å². The highest BCUT2D eigenvalue weighted by atomic mass is 16.4. The third-order valence-corrected chi connectivity index (χ3v) is 8.35. The lowest BCUT2D eigenvalue weighted by Gasteiger charge is -2.27. The summed E-state index contributed by atoms with van der Waals surface area (Å²) < 4.78 is 0. The van der Waals surface area contributed by atoms with Crippen molar-refractivity contribution in [3.8, 4) is 0 Å². The van der Waals surface area contributed by atoms with Crippen LogP contribution in [0.1, 0.15) is 70.3 Å². The Morgan fingerprint density at radius 1 is 0.761 bits per heavy atom. The first-order valence-electron chi connectivity index (χ1n) is 15.7. The molecule has 1 aliphatic rings. The molecule has 0 aliphatic heterocycles. The number of carboxylic acids is 3. The molecule has 0 spiro atoms. The maximum absolute atomic E-state index is 13.3. The summed E-state index contributed by atoms with van der Waals surface area (Å²) in [5.41, 5.74) is 0.901. The van der Waals surface area contributed by atoms with Gasteiger partial charge in [-0.1, -0.05) is 49.4 Å². The number of amides is 4. The molecule has 2 aromatic carbocycles. The average molecular weight is 641 g/mol.